The van der Waals surface area contributed by atoms with E-state index in [0.29, 0.717) is 0 Å². The Hall–Kier alpha value is -5.60. The van der Waals surface area contributed by atoms with Gasteiger partial charge in [-0.05, 0) is 98.8 Å². The first-order valence-electron chi connectivity index (χ1n) is 18.5. The van der Waals surface area contributed by atoms with Gasteiger partial charge in [-0.15, -0.1) is 0 Å². The molecule has 0 amide bonds. The van der Waals surface area contributed by atoms with Crippen LogP contribution in [0.4, 0.5) is 0 Å². The molecule has 10 rings (SSSR count). The molecule has 0 radical (unpaired) electrons. The maximum Gasteiger partial charge on any atom is 0.160 e. The van der Waals surface area contributed by atoms with Gasteiger partial charge < -0.3 is 0 Å². The highest BCUT2D eigenvalue weighted by Gasteiger charge is 2.46. The molecule has 2 heteroatoms. The molecular formula is C49H40N2. The first-order valence-corrected chi connectivity index (χ1v) is 18.5. The molecule has 2 nitrogen and oxygen atoms in total. The zero-order chi connectivity index (χ0) is 34.2. The Morgan fingerprint density at radius 3 is 1.75 bits per heavy atom. The summed E-state index contributed by atoms with van der Waals surface area (Å²) in [5.74, 6) is 0.735. The highest BCUT2D eigenvalue weighted by molar-refractivity contribution is 5.91. The van der Waals surface area contributed by atoms with Crippen molar-refractivity contribution < 1.29 is 0 Å². The Kier molecular flexibility index (Phi) is 6.80. The summed E-state index contributed by atoms with van der Waals surface area (Å²) in [5.41, 5.74) is 19.2. The van der Waals surface area contributed by atoms with Crippen LogP contribution in [0.1, 0.15) is 68.2 Å². The van der Waals surface area contributed by atoms with E-state index >= 15 is 0 Å². The summed E-state index contributed by atoms with van der Waals surface area (Å²) in [6.45, 7) is 4.83. The molecule has 3 aliphatic carbocycles. The SMILES string of the molecule is CC1(C)c2cc(-c3cccc(-c4cc(-c5ccccc5)nc(-c5ccccc5)n4)c3)ccc2-c2cc3c(cc21)-c1ccccc1C31CCCCC1. The van der Waals surface area contributed by atoms with Crippen molar-refractivity contribution in [2.45, 2.75) is 56.8 Å². The van der Waals surface area contributed by atoms with Crippen LogP contribution in [0, 0.1) is 0 Å². The van der Waals surface area contributed by atoms with E-state index in [0.717, 1.165) is 33.9 Å². The number of nitrogens with zero attached hydrogens (tertiary/aromatic N) is 2. The van der Waals surface area contributed by atoms with Gasteiger partial charge in [-0.25, -0.2) is 9.97 Å². The van der Waals surface area contributed by atoms with Crippen LogP contribution in [0.5, 0.6) is 0 Å². The van der Waals surface area contributed by atoms with Crippen LogP contribution in [0.2, 0.25) is 0 Å². The van der Waals surface area contributed by atoms with Gasteiger partial charge in [-0.3, -0.25) is 0 Å². The molecule has 0 bridgehead atoms. The quantitative estimate of drug-likeness (QED) is 0.188. The molecular weight excluding hydrogens is 617 g/mol. The lowest BCUT2D eigenvalue weighted by molar-refractivity contribution is 0.353. The molecule has 0 atom stereocenters. The van der Waals surface area contributed by atoms with Gasteiger partial charge in [0.2, 0.25) is 0 Å². The van der Waals surface area contributed by atoms with Crippen LogP contribution in [0.3, 0.4) is 0 Å². The fraction of sp³-hybridized carbons (Fsp3) is 0.184. The Balaban J connectivity index is 1.06. The van der Waals surface area contributed by atoms with Crippen molar-refractivity contribution in [3.8, 4) is 67.3 Å². The Morgan fingerprint density at radius 2 is 0.961 bits per heavy atom. The van der Waals surface area contributed by atoms with Crippen molar-refractivity contribution >= 4 is 0 Å². The van der Waals surface area contributed by atoms with E-state index in [9.17, 15) is 0 Å². The minimum absolute atomic E-state index is 0.105. The van der Waals surface area contributed by atoms with Gasteiger partial charge in [-0.2, -0.15) is 0 Å². The Bertz CT molecular complexity index is 2410. The molecule has 0 saturated heterocycles. The molecule has 1 heterocycles. The van der Waals surface area contributed by atoms with E-state index in [1.54, 1.807) is 11.1 Å². The Labute approximate surface area is 300 Å². The third kappa shape index (κ3) is 4.69. The minimum Gasteiger partial charge on any atom is -0.228 e. The molecule has 1 saturated carbocycles. The summed E-state index contributed by atoms with van der Waals surface area (Å²) in [7, 11) is 0. The van der Waals surface area contributed by atoms with Crippen LogP contribution in [0.25, 0.3) is 67.3 Å². The van der Waals surface area contributed by atoms with Crippen molar-refractivity contribution in [1.82, 2.24) is 9.97 Å². The van der Waals surface area contributed by atoms with E-state index in [-0.39, 0.29) is 10.8 Å². The fourth-order valence-electron chi connectivity index (χ4n) is 9.48. The number of aromatic nitrogens is 2. The summed E-state index contributed by atoms with van der Waals surface area (Å²) in [4.78, 5) is 10.1. The van der Waals surface area contributed by atoms with Crippen molar-refractivity contribution in [1.29, 1.82) is 0 Å². The largest absolute Gasteiger partial charge is 0.228 e. The summed E-state index contributed by atoms with van der Waals surface area (Å²) < 4.78 is 0. The molecule has 0 unspecified atom stereocenters. The second-order valence-corrected chi connectivity index (χ2v) is 15.3. The van der Waals surface area contributed by atoms with E-state index in [2.05, 4.69) is 135 Å². The van der Waals surface area contributed by atoms with Crippen LogP contribution in [-0.2, 0) is 10.8 Å². The third-order valence-electron chi connectivity index (χ3n) is 12.1. The predicted molar refractivity (Wildman–Crippen MR) is 211 cm³/mol. The van der Waals surface area contributed by atoms with Crippen LogP contribution in [-0.4, -0.2) is 9.97 Å². The number of rotatable bonds is 4. The van der Waals surface area contributed by atoms with Gasteiger partial charge in [0.15, 0.2) is 5.82 Å². The van der Waals surface area contributed by atoms with Crippen molar-refractivity contribution in [3.63, 3.8) is 0 Å². The highest BCUT2D eigenvalue weighted by Crippen LogP contribution is 2.59. The molecule has 6 aromatic carbocycles. The molecule has 246 valence electrons. The van der Waals surface area contributed by atoms with Gasteiger partial charge >= 0.3 is 0 Å². The Morgan fingerprint density at radius 1 is 0.392 bits per heavy atom. The lowest BCUT2D eigenvalue weighted by atomic mass is 9.67. The zero-order valence-electron chi connectivity index (χ0n) is 29.3. The number of benzene rings is 6. The lowest BCUT2D eigenvalue weighted by Gasteiger charge is -2.36. The average molecular weight is 657 g/mol. The van der Waals surface area contributed by atoms with Crippen molar-refractivity contribution in [2.75, 3.05) is 0 Å². The molecule has 7 aromatic rings. The predicted octanol–water partition coefficient (Wildman–Crippen LogP) is 12.7. The number of fused-ring (bicyclic) bond motifs is 8. The van der Waals surface area contributed by atoms with Gasteiger partial charge in [0.1, 0.15) is 0 Å². The van der Waals surface area contributed by atoms with Gasteiger partial charge in [0.05, 0.1) is 11.4 Å². The summed E-state index contributed by atoms with van der Waals surface area (Å²) >= 11 is 0. The van der Waals surface area contributed by atoms with Crippen molar-refractivity contribution in [3.05, 3.63) is 168 Å². The highest BCUT2D eigenvalue weighted by atomic mass is 14.9. The van der Waals surface area contributed by atoms with Gasteiger partial charge in [0, 0.05) is 27.5 Å². The second-order valence-electron chi connectivity index (χ2n) is 15.3. The van der Waals surface area contributed by atoms with Crippen LogP contribution in [0.15, 0.2) is 146 Å². The maximum atomic E-state index is 5.11. The van der Waals surface area contributed by atoms with E-state index in [4.69, 9.17) is 9.97 Å². The second kappa shape index (κ2) is 11.5. The minimum atomic E-state index is -0.105. The average Bonchev–Trinajstić information content (AvgIpc) is 3.58. The van der Waals surface area contributed by atoms with E-state index < -0.39 is 0 Å². The standard InChI is InChI=1S/C49H40N2/c1-48(2)42-28-35(23-24-38(42)39-30-44-40(29-43(39)48)37-21-10-11-22-41(37)49(44)25-12-5-13-26-49)34-19-14-20-36(27-34)46-31-45(32-15-6-3-7-16-32)50-47(51-46)33-17-8-4-9-18-33/h3-4,6-11,14-24,27-31H,5,12-13,25-26H2,1-2H3. The fourth-order valence-corrected chi connectivity index (χ4v) is 9.48. The normalized spacial score (nSPS) is 16.0. The number of hydrogen-bond donors (Lipinski definition) is 0. The van der Waals surface area contributed by atoms with Crippen molar-refractivity contribution in [2.24, 2.45) is 0 Å². The van der Waals surface area contributed by atoms with E-state index in [1.807, 2.05) is 24.3 Å². The molecule has 1 spiro atoms. The first-order chi connectivity index (χ1) is 25.0. The monoisotopic (exact) mass is 656 g/mol. The lowest BCUT2D eigenvalue weighted by Crippen LogP contribution is -2.28. The molecule has 1 fully saturated rings. The smallest absolute Gasteiger partial charge is 0.160 e. The zero-order valence-corrected chi connectivity index (χ0v) is 29.3. The molecule has 51 heavy (non-hydrogen) atoms. The first kappa shape index (κ1) is 30.2. The van der Waals surface area contributed by atoms with Gasteiger partial charge in [-0.1, -0.05) is 148 Å². The van der Waals surface area contributed by atoms with Crippen LogP contribution >= 0.6 is 0 Å². The van der Waals surface area contributed by atoms with Crippen LogP contribution < -0.4 is 0 Å². The molecule has 3 aliphatic rings. The maximum absolute atomic E-state index is 5.11. The molecule has 1 aromatic heterocycles. The summed E-state index contributed by atoms with van der Waals surface area (Å²) in [6, 6.07) is 53.3. The van der Waals surface area contributed by atoms with Gasteiger partial charge in [0.25, 0.3) is 0 Å². The number of hydrogen-bond acceptors (Lipinski definition) is 2. The summed E-state index contributed by atoms with van der Waals surface area (Å²) in [6.07, 6.45) is 6.49. The topological polar surface area (TPSA) is 25.8 Å². The third-order valence-corrected chi connectivity index (χ3v) is 12.1. The molecule has 0 N–H and O–H groups in total. The summed E-state index contributed by atoms with van der Waals surface area (Å²) in [5, 5.41) is 0. The van der Waals surface area contributed by atoms with E-state index in [1.165, 1.54) is 76.6 Å². The molecule has 0 aliphatic heterocycles.